The van der Waals surface area contributed by atoms with Gasteiger partial charge in [0.1, 0.15) is 10.1 Å². The monoisotopic (exact) mass is 700 g/mol. The van der Waals surface area contributed by atoms with Crippen molar-refractivity contribution in [3.05, 3.63) is 53.6 Å². The summed E-state index contributed by atoms with van der Waals surface area (Å²) in [5.41, 5.74) is -0.384. The number of ether oxygens (including phenoxy) is 2. The third kappa shape index (κ3) is 24.9. The van der Waals surface area contributed by atoms with Crippen molar-refractivity contribution in [2.45, 2.75) is 160 Å². The average Bonchev–Trinajstić information content (AvgIpc) is 3.04. The fourth-order valence-corrected chi connectivity index (χ4v) is 5.65. The van der Waals surface area contributed by atoms with Crippen molar-refractivity contribution < 1.29 is 83.4 Å². The van der Waals surface area contributed by atoms with E-state index < -0.39 is 27.0 Å². The molecule has 0 heterocycles. The maximum atomic E-state index is 12.8. The van der Waals surface area contributed by atoms with Gasteiger partial charge in [-0.3, -0.25) is 0 Å². The van der Waals surface area contributed by atoms with Crippen molar-refractivity contribution in [1.82, 2.24) is 0 Å². The van der Waals surface area contributed by atoms with Gasteiger partial charge in [-0.15, -0.1) is 0 Å². The summed E-state index contributed by atoms with van der Waals surface area (Å²) >= 11 is 0. The van der Waals surface area contributed by atoms with Crippen molar-refractivity contribution in [2.75, 3.05) is 13.2 Å². The third-order valence-electron chi connectivity index (χ3n) is 8.00. The van der Waals surface area contributed by atoms with Gasteiger partial charge in [-0.1, -0.05) is 115 Å². The van der Waals surface area contributed by atoms with Crippen molar-refractivity contribution in [3.63, 3.8) is 0 Å². The molecule has 7 nitrogen and oxygen atoms in total. The van der Waals surface area contributed by atoms with Crippen LogP contribution >= 0.6 is 0 Å². The second kappa shape index (κ2) is 31.2. The molecular weight excluding hydrogens is 640 g/mol. The number of hydrogen-bond donors (Lipinski definition) is 0. The maximum absolute atomic E-state index is 12.8. The van der Waals surface area contributed by atoms with E-state index in [9.17, 15) is 22.6 Å². The zero-order valence-corrected chi connectivity index (χ0v) is 33.7. The maximum Gasteiger partial charge on any atom is 1.00 e. The Morgan fingerprint density at radius 1 is 0.574 bits per heavy atom. The average molecular weight is 701 g/mol. The number of carbonyl (C=O) groups is 2. The summed E-state index contributed by atoms with van der Waals surface area (Å²) in [7, 11) is -4.82. The number of unbranched alkanes of at least 4 members (excludes halogenated alkanes) is 18. The molecule has 0 aromatic heterocycles. The molecule has 0 bridgehead atoms. The minimum atomic E-state index is -4.82. The Morgan fingerprint density at radius 3 is 1.34 bits per heavy atom. The zero-order valence-electron chi connectivity index (χ0n) is 29.8. The molecule has 0 saturated carbocycles. The summed E-state index contributed by atoms with van der Waals surface area (Å²) in [5.74, 6) is -1.60. The number of benzene rings is 1. The molecule has 0 unspecified atom stereocenters. The molecule has 0 fully saturated rings. The van der Waals surface area contributed by atoms with Crippen LogP contribution in [0.4, 0.5) is 0 Å². The van der Waals surface area contributed by atoms with Gasteiger partial charge in [0, 0.05) is 0 Å². The Kier molecular flexibility index (Phi) is 30.6. The molecule has 1 aromatic rings. The standard InChI is InChI=1S/C38H62O7S.K/c1-3-5-7-9-11-13-15-17-19-21-23-25-27-31-44-37(39)35-30-29-34(46(41,42)43)33-36(35)38(40)45-32-28-26-24-22-20-18-16-14-12-10-8-6-4-2;/h19-22,29-30,33H,3-18,23-28,31-32H2,1-2H3,(H,41,42,43);/q;+1/p-1/b21-19+,22-20+;. The van der Waals surface area contributed by atoms with Crippen LogP contribution in [0.25, 0.3) is 0 Å². The number of esters is 2. The minimum absolute atomic E-state index is 0. The van der Waals surface area contributed by atoms with Gasteiger partial charge in [0.2, 0.25) is 0 Å². The Bertz CT molecular complexity index is 1120. The first kappa shape index (κ1) is 46.2. The molecule has 0 atom stereocenters. The molecule has 9 heteroatoms. The van der Waals surface area contributed by atoms with E-state index >= 15 is 0 Å². The summed E-state index contributed by atoms with van der Waals surface area (Å²) < 4.78 is 45.4. The SMILES string of the molecule is CCCCCCCCC/C=C/CCCCOC(=O)c1ccc(S(=O)(=O)[O-])cc1C(=O)OCCCC/C=C/CCCCCCCCC.[K+]. The Balaban J connectivity index is 0.0000212. The van der Waals surface area contributed by atoms with Crippen LogP contribution in [0, 0.1) is 0 Å². The van der Waals surface area contributed by atoms with E-state index in [1.807, 2.05) is 0 Å². The molecule has 0 spiro atoms. The molecule has 0 saturated heterocycles. The largest absolute Gasteiger partial charge is 1.00 e. The molecule has 47 heavy (non-hydrogen) atoms. The zero-order chi connectivity index (χ0) is 33.7. The quantitative estimate of drug-likeness (QED) is 0.0278. The fraction of sp³-hybridized carbons (Fsp3) is 0.684. The van der Waals surface area contributed by atoms with E-state index in [0.717, 1.165) is 56.7 Å². The third-order valence-corrected chi connectivity index (χ3v) is 8.83. The first-order valence-electron chi connectivity index (χ1n) is 18.0. The summed E-state index contributed by atoms with van der Waals surface area (Å²) in [5, 5.41) is 0. The van der Waals surface area contributed by atoms with Gasteiger partial charge in [-0.25, -0.2) is 18.0 Å². The Hall–Kier alpha value is -0.814. The van der Waals surface area contributed by atoms with Crippen LogP contribution in [-0.2, 0) is 19.6 Å². The van der Waals surface area contributed by atoms with E-state index in [0.29, 0.717) is 12.8 Å². The van der Waals surface area contributed by atoms with Crippen LogP contribution in [0.5, 0.6) is 0 Å². The Labute approximate surface area is 329 Å². The van der Waals surface area contributed by atoms with Gasteiger partial charge < -0.3 is 14.0 Å². The van der Waals surface area contributed by atoms with Crippen LogP contribution in [0.2, 0.25) is 0 Å². The molecule has 0 radical (unpaired) electrons. The molecular formula is C38H61KO7S. The van der Waals surface area contributed by atoms with Gasteiger partial charge in [-0.05, 0) is 82.4 Å². The first-order valence-corrected chi connectivity index (χ1v) is 19.5. The summed E-state index contributed by atoms with van der Waals surface area (Å²) in [6, 6.07) is 3.07. The van der Waals surface area contributed by atoms with Crippen LogP contribution in [0.15, 0.2) is 47.4 Å². The van der Waals surface area contributed by atoms with Crippen molar-refractivity contribution in [1.29, 1.82) is 0 Å². The van der Waals surface area contributed by atoms with Gasteiger partial charge in [0.05, 0.1) is 29.2 Å². The molecule has 0 aliphatic carbocycles. The van der Waals surface area contributed by atoms with Crippen LogP contribution in [-0.4, -0.2) is 38.1 Å². The summed E-state index contributed by atoms with van der Waals surface area (Å²) in [6.45, 7) is 4.76. The van der Waals surface area contributed by atoms with Crippen LogP contribution in [0.1, 0.15) is 176 Å². The van der Waals surface area contributed by atoms with Gasteiger partial charge >= 0.3 is 63.3 Å². The smallest absolute Gasteiger partial charge is 0.744 e. The van der Waals surface area contributed by atoms with Gasteiger partial charge in [0.15, 0.2) is 0 Å². The van der Waals surface area contributed by atoms with E-state index in [1.165, 1.54) is 89.9 Å². The molecule has 0 N–H and O–H groups in total. The number of allylic oxidation sites excluding steroid dienone is 4. The normalized spacial score (nSPS) is 11.6. The van der Waals surface area contributed by atoms with E-state index in [4.69, 9.17) is 9.47 Å². The predicted octanol–water partition coefficient (Wildman–Crippen LogP) is 7.64. The number of rotatable bonds is 29. The second-order valence-corrected chi connectivity index (χ2v) is 13.6. The molecule has 0 aliphatic heterocycles. The molecule has 0 aliphatic rings. The van der Waals surface area contributed by atoms with Gasteiger partial charge in [-0.2, -0.15) is 0 Å². The minimum Gasteiger partial charge on any atom is -0.744 e. The summed E-state index contributed by atoms with van der Waals surface area (Å²) in [4.78, 5) is 25.0. The van der Waals surface area contributed by atoms with E-state index in [-0.39, 0.29) is 75.7 Å². The van der Waals surface area contributed by atoms with E-state index in [1.54, 1.807) is 0 Å². The van der Waals surface area contributed by atoms with Crippen LogP contribution < -0.4 is 51.4 Å². The number of carbonyl (C=O) groups excluding carboxylic acids is 2. The molecule has 1 rings (SSSR count). The number of hydrogen-bond acceptors (Lipinski definition) is 7. The molecule has 262 valence electrons. The Morgan fingerprint density at radius 2 is 0.936 bits per heavy atom. The second-order valence-electron chi connectivity index (χ2n) is 12.2. The van der Waals surface area contributed by atoms with Crippen molar-refractivity contribution in [3.8, 4) is 0 Å². The fourth-order valence-electron chi connectivity index (χ4n) is 5.15. The van der Waals surface area contributed by atoms with Crippen LogP contribution in [0.3, 0.4) is 0 Å². The van der Waals surface area contributed by atoms with E-state index in [2.05, 4.69) is 38.2 Å². The molecule has 1 aromatic carbocycles. The topological polar surface area (TPSA) is 110 Å². The first-order chi connectivity index (χ1) is 22.3. The predicted molar refractivity (Wildman–Crippen MR) is 186 cm³/mol. The van der Waals surface area contributed by atoms with Crippen molar-refractivity contribution in [2.24, 2.45) is 0 Å². The molecule has 0 amide bonds. The van der Waals surface area contributed by atoms with Crippen molar-refractivity contribution >= 4 is 22.1 Å². The van der Waals surface area contributed by atoms with Gasteiger partial charge in [0.25, 0.3) is 0 Å². The summed E-state index contributed by atoms with van der Waals surface area (Å²) in [6.07, 6.45) is 33.8.